The SMILES string of the molecule is Cc1ccc(C2(C)C=CCCN=C2)cc1. The highest BCUT2D eigenvalue weighted by atomic mass is 14.7. The van der Waals surface area contributed by atoms with Gasteiger partial charge in [0, 0.05) is 18.2 Å². The van der Waals surface area contributed by atoms with E-state index in [9.17, 15) is 0 Å². The molecule has 15 heavy (non-hydrogen) atoms. The van der Waals surface area contributed by atoms with E-state index in [-0.39, 0.29) is 5.41 Å². The van der Waals surface area contributed by atoms with Gasteiger partial charge in [-0.3, -0.25) is 4.99 Å². The highest BCUT2D eigenvalue weighted by Crippen LogP contribution is 2.25. The Kier molecular flexibility index (Phi) is 2.72. The normalized spacial score (nSPS) is 25.2. The smallest absolute Gasteiger partial charge is 0.0452 e. The Morgan fingerprint density at radius 1 is 1.20 bits per heavy atom. The van der Waals surface area contributed by atoms with Crippen LogP contribution in [0.5, 0.6) is 0 Å². The van der Waals surface area contributed by atoms with Crippen molar-refractivity contribution in [1.82, 2.24) is 0 Å². The lowest BCUT2D eigenvalue weighted by Crippen LogP contribution is -2.20. The van der Waals surface area contributed by atoms with E-state index < -0.39 is 0 Å². The van der Waals surface area contributed by atoms with Crippen molar-refractivity contribution in [2.75, 3.05) is 6.54 Å². The summed E-state index contributed by atoms with van der Waals surface area (Å²) in [7, 11) is 0. The number of aryl methyl sites for hydroxylation is 1. The van der Waals surface area contributed by atoms with Crippen LogP contribution in [0.25, 0.3) is 0 Å². The van der Waals surface area contributed by atoms with Gasteiger partial charge in [0.1, 0.15) is 0 Å². The molecule has 0 aliphatic carbocycles. The molecule has 1 unspecified atom stereocenters. The molecule has 1 heterocycles. The molecule has 1 heteroatoms. The van der Waals surface area contributed by atoms with Crippen molar-refractivity contribution >= 4 is 6.21 Å². The van der Waals surface area contributed by atoms with Crippen LogP contribution in [0.3, 0.4) is 0 Å². The van der Waals surface area contributed by atoms with Gasteiger partial charge in [-0.05, 0) is 25.8 Å². The van der Waals surface area contributed by atoms with Gasteiger partial charge in [-0.15, -0.1) is 0 Å². The molecule has 0 saturated carbocycles. The van der Waals surface area contributed by atoms with Crippen molar-refractivity contribution in [1.29, 1.82) is 0 Å². The highest BCUT2D eigenvalue weighted by molar-refractivity contribution is 5.76. The summed E-state index contributed by atoms with van der Waals surface area (Å²) in [6.07, 6.45) is 7.61. The molecule has 78 valence electrons. The summed E-state index contributed by atoms with van der Waals surface area (Å²) < 4.78 is 0. The maximum atomic E-state index is 4.44. The van der Waals surface area contributed by atoms with Gasteiger partial charge in [0.15, 0.2) is 0 Å². The van der Waals surface area contributed by atoms with E-state index in [0.717, 1.165) is 13.0 Å². The van der Waals surface area contributed by atoms with Gasteiger partial charge >= 0.3 is 0 Å². The second-order valence-corrected chi connectivity index (χ2v) is 4.38. The molecule has 0 amide bonds. The van der Waals surface area contributed by atoms with Gasteiger partial charge in [0.05, 0.1) is 0 Å². The minimum atomic E-state index is -0.0236. The Balaban J connectivity index is 2.39. The molecule has 0 aromatic heterocycles. The fourth-order valence-electron chi connectivity index (χ4n) is 1.86. The molecule has 1 aromatic carbocycles. The predicted molar refractivity (Wildman–Crippen MR) is 65.6 cm³/mol. The lowest BCUT2D eigenvalue weighted by Gasteiger charge is -2.21. The summed E-state index contributed by atoms with van der Waals surface area (Å²) >= 11 is 0. The van der Waals surface area contributed by atoms with E-state index >= 15 is 0 Å². The van der Waals surface area contributed by atoms with Crippen LogP contribution in [0.15, 0.2) is 41.4 Å². The van der Waals surface area contributed by atoms with E-state index in [1.165, 1.54) is 11.1 Å². The Labute approximate surface area is 91.6 Å². The van der Waals surface area contributed by atoms with E-state index in [1.807, 2.05) is 0 Å². The molecule has 1 aromatic rings. The van der Waals surface area contributed by atoms with Crippen LogP contribution in [0.4, 0.5) is 0 Å². The Bertz CT molecular complexity index is 370. The average molecular weight is 199 g/mol. The molecular weight excluding hydrogens is 182 g/mol. The number of nitrogens with zero attached hydrogens (tertiary/aromatic N) is 1. The number of aliphatic imine (C=N–C) groups is 1. The van der Waals surface area contributed by atoms with Crippen molar-refractivity contribution in [3.05, 3.63) is 47.5 Å². The number of hydrogen-bond donors (Lipinski definition) is 0. The minimum Gasteiger partial charge on any atom is -0.296 e. The zero-order valence-corrected chi connectivity index (χ0v) is 9.40. The van der Waals surface area contributed by atoms with Crippen molar-refractivity contribution in [2.24, 2.45) is 4.99 Å². The first-order valence-electron chi connectivity index (χ1n) is 5.46. The van der Waals surface area contributed by atoms with Crippen molar-refractivity contribution in [3.8, 4) is 0 Å². The summed E-state index contributed by atoms with van der Waals surface area (Å²) in [4.78, 5) is 4.44. The van der Waals surface area contributed by atoms with Crippen LogP contribution < -0.4 is 0 Å². The molecule has 0 saturated heterocycles. The van der Waals surface area contributed by atoms with Crippen LogP contribution in [0.2, 0.25) is 0 Å². The summed E-state index contributed by atoms with van der Waals surface area (Å²) in [6, 6.07) is 8.70. The van der Waals surface area contributed by atoms with E-state index in [4.69, 9.17) is 0 Å². The van der Waals surface area contributed by atoms with E-state index in [0.29, 0.717) is 0 Å². The quantitative estimate of drug-likeness (QED) is 0.615. The Morgan fingerprint density at radius 2 is 1.93 bits per heavy atom. The molecule has 1 nitrogen and oxygen atoms in total. The topological polar surface area (TPSA) is 12.4 Å². The van der Waals surface area contributed by atoms with Gasteiger partial charge in [-0.2, -0.15) is 0 Å². The number of benzene rings is 1. The van der Waals surface area contributed by atoms with Gasteiger partial charge in [0.2, 0.25) is 0 Å². The van der Waals surface area contributed by atoms with Gasteiger partial charge in [0.25, 0.3) is 0 Å². The highest BCUT2D eigenvalue weighted by Gasteiger charge is 2.21. The molecule has 0 spiro atoms. The third-order valence-electron chi connectivity index (χ3n) is 2.92. The number of hydrogen-bond acceptors (Lipinski definition) is 1. The maximum Gasteiger partial charge on any atom is 0.0452 e. The van der Waals surface area contributed by atoms with Crippen molar-refractivity contribution < 1.29 is 0 Å². The molecule has 1 aliphatic heterocycles. The molecule has 0 bridgehead atoms. The van der Waals surface area contributed by atoms with Crippen LogP contribution >= 0.6 is 0 Å². The number of rotatable bonds is 1. The standard InChI is InChI=1S/C14H17N/c1-12-5-7-13(8-6-12)14(2)9-3-4-10-15-11-14/h3,5-9,11H,4,10H2,1-2H3. The van der Waals surface area contributed by atoms with Crippen LogP contribution in [-0.4, -0.2) is 12.8 Å². The van der Waals surface area contributed by atoms with E-state index in [1.54, 1.807) is 0 Å². The van der Waals surface area contributed by atoms with Gasteiger partial charge in [-0.1, -0.05) is 42.0 Å². The van der Waals surface area contributed by atoms with Crippen LogP contribution in [0.1, 0.15) is 24.5 Å². The summed E-state index contributed by atoms with van der Waals surface area (Å²) in [5.74, 6) is 0. The predicted octanol–water partition coefficient (Wildman–Crippen LogP) is 3.28. The third-order valence-corrected chi connectivity index (χ3v) is 2.92. The first-order chi connectivity index (χ1) is 7.21. The maximum absolute atomic E-state index is 4.44. The average Bonchev–Trinajstić information content (AvgIpc) is 2.45. The fourth-order valence-corrected chi connectivity index (χ4v) is 1.86. The number of allylic oxidation sites excluding steroid dienone is 1. The molecule has 0 N–H and O–H groups in total. The second-order valence-electron chi connectivity index (χ2n) is 4.38. The van der Waals surface area contributed by atoms with Crippen LogP contribution in [-0.2, 0) is 5.41 Å². The first-order valence-corrected chi connectivity index (χ1v) is 5.46. The Hall–Kier alpha value is -1.37. The van der Waals surface area contributed by atoms with Crippen molar-refractivity contribution in [3.63, 3.8) is 0 Å². The fraction of sp³-hybridized carbons (Fsp3) is 0.357. The van der Waals surface area contributed by atoms with Crippen molar-refractivity contribution in [2.45, 2.75) is 25.7 Å². The van der Waals surface area contributed by atoms with Gasteiger partial charge in [-0.25, -0.2) is 0 Å². The summed E-state index contributed by atoms with van der Waals surface area (Å²) in [6.45, 7) is 5.24. The lowest BCUT2D eigenvalue weighted by atomic mass is 9.83. The van der Waals surface area contributed by atoms with Gasteiger partial charge < -0.3 is 0 Å². The summed E-state index contributed by atoms with van der Waals surface area (Å²) in [5.41, 5.74) is 2.59. The summed E-state index contributed by atoms with van der Waals surface area (Å²) in [5, 5.41) is 0. The minimum absolute atomic E-state index is 0.0236. The third kappa shape index (κ3) is 2.17. The molecule has 1 aliphatic rings. The zero-order valence-electron chi connectivity index (χ0n) is 9.40. The molecule has 2 rings (SSSR count). The molecule has 0 radical (unpaired) electrons. The largest absolute Gasteiger partial charge is 0.296 e. The second kappa shape index (κ2) is 4.01. The van der Waals surface area contributed by atoms with E-state index in [2.05, 4.69) is 61.5 Å². The molecule has 1 atom stereocenters. The van der Waals surface area contributed by atoms with Crippen LogP contribution in [0, 0.1) is 6.92 Å². The molecular formula is C14H17N. The zero-order chi connectivity index (χ0) is 10.7. The first kappa shape index (κ1) is 10.2. The Morgan fingerprint density at radius 3 is 2.67 bits per heavy atom. The monoisotopic (exact) mass is 199 g/mol. The molecule has 0 fully saturated rings. The lowest BCUT2D eigenvalue weighted by molar-refractivity contribution is 0.828.